The van der Waals surface area contributed by atoms with Crippen LogP contribution in [0.1, 0.15) is 39.2 Å². The van der Waals surface area contributed by atoms with Crippen molar-refractivity contribution in [2.75, 3.05) is 12.5 Å². The molecule has 0 unspecified atom stereocenters. The molecule has 1 aromatic carbocycles. The number of hydrogen-bond acceptors (Lipinski definition) is 8. The van der Waals surface area contributed by atoms with Crippen LogP contribution in [0, 0.1) is 18.8 Å². The van der Waals surface area contributed by atoms with Gasteiger partial charge in [-0.2, -0.15) is 0 Å². The number of epoxide rings is 1. The molecule has 2 heterocycles. The first-order chi connectivity index (χ1) is 21.4. The van der Waals surface area contributed by atoms with Crippen LogP contribution in [0.3, 0.4) is 0 Å². The second kappa shape index (κ2) is 15.8. The van der Waals surface area contributed by atoms with Crippen LogP contribution in [0.5, 0.6) is 0 Å². The third-order valence-electron chi connectivity index (χ3n) is 8.33. The average Bonchev–Trinajstić information content (AvgIpc) is 3.67. The molecule has 2 aliphatic rings. The SMILES string of the molecule is C/C(=C\C(=O)NCS(=O)(=O)c1ccc(C)cc1)C[C@@H]1OC[C@H](C[C@@H]2O[C@H]2[C@@H](C)[C@H](C)O[Si](C)(C)C)[C@@H](O[Si](C)(C)C)[C@H]1O[Si](C)(C)C. The number of nitrogens with one attached hydrogen (secondary N) is 1. The maximum atomic E-state index is 12.8. The number of sulfone groups is 1. The van der Waals surface area contributed by atoms with E-state index in [2.05, 4.69) is 78.1 Å². The van der Waals surface area contributed by atoms with Crippen molar-refractivity contribution < 1.29 is 36.0 Å². The van der Waals surface area contributed by atoms with Crippen LogP contribution in [0.2, 0.25) is 58.9 Å². The number of aryl methyl sites for hydroxylation is 1. The van der Waals surface area contributed by atoms with Crippen LogP contribution in [0.15, 0.2) is 40.8 Å². The van der Waals surface area contributed by atoms with Crippen molar-refractivity contribution in [1.29, 1.82) is 0 Å². The molecule has 2 fully saturated rings. The second-order valence-electron chi connectivity index (χ2n) is 16.5. The average molecular weight is 728 g/mol. The van der Waals surface area contributed by atoms with Crippen LogP contribution in [-0.2, 0) is 37.4 Å². The van der Waals surface area contributed by atoms with Crippen LogP contribution in [-0.4, -0.2) is 88.4 Å². The first-order valence-electron chi connectivity index (χ1n) is 17.0. The van der Waals surface area contributed by atoms with Crippen molar-refractivity contribution in [2.24, 2.45) is 11.8 Å². The van der Waals surface area contributed by atoms with Crippen molar-refractivity contribution in [3.05, 3.63) is 41.5 Å². The van der Waals surface area contributed by atoms with Crippen LogP contribution in [0.4, 0.5) is 0 Å². The molecule has 0 saturated carbocycles. The van der Waals surface area contributed by atoms with Crippen LogP contribution >= 0.6 is 0 Å². The van der Waals surface area contributed by atoms with Crippen molar-refractivity contribution in [3.63, 3.8) is 0 Å². The Balaban J connectivity index is 1.72. The lowest BCUT2D eigenvalue weighted by molar-refractivity contribution is -0.152. The summed E-state index contributed by atoms with van der Waals surface area (Å²) < 4.78 is 58.4. The van der Waals surface area contributed by atoms with Gasteiger partial charge in [-0.1, -0.05) is 30.2 Å². The van der Waals surface area contributed by atoms with Crippen molar-refractivity contribution in [3.8, 4) is 0 Å². The smallest absolute Gasteiger partial charge is 0.244 e. The Hall–Kier alpha value is -1.17. The molecule has 47 heavy (non-hydrogen) atoms. The molecule has 0 aliphatic carbocycles. The van der Waals surface area contributed by atoms with Gasteiger partial charge in [0.1, 0.15) is 5.88 Å². The van der Waals surface area contributed by atoms with Gasteiger partial charge in [-0.25, -0.2) is 8.42 Å². The third kappa shape index (κ3) is 13.2. The monoisotopic (exact) mass is 727 g/mol. The second-order valence-corrected chi connectivity index (χ2v) is 31.9. The minimum absolute atomic E-state index is 0.106. The number of carbonyl (C=O) groups excluding carboxylic acids is 1. The Bertz CT molecular complexity index is 1330. The summed E-state index contributed by atoms with van der Waals surface area (Å²) in [6, 6.07) is 6.60. The Kier molecular flexibility index (Phi) is 13.5. The fourth-order valence-corrected chi connectivity index (χ4v) is 10.7. The highest BCUT2D eigenvalue weighted by Gasteiger charge is 2.51. The van der Waals surface area contributed by atoms with E-state index in [0.29, 0.717) is 18.9 Å². The lowest BCUT2D eigenvalue weighted by Crippen LogP contribution is -2.58. The topological polar surface area (TPSA) is 113 Å². The fraction of sp³-hybridized carbons (Fsp3) is 0.735. The highest BCUT2D eigenvalue weighted by atomic mass is 32.2. The largest absolute Gasteiger partial charge is 0.415 e. The van der Waals surface area contributed by atoms with Crippen molar-refractivity contribution >= 4 is 40.7 Å². The third-order valence-corrected chi connectivity index (χ3v) is 12.9. The Labute approximate surface area is 287 Å². The van der Waals surface area contributed by atoms with E-state index in [1.807, 2.05) is 13.8 Å². The lowest BCUT2D eigenvalue weighted by Gasteiger charge is -2.47. The predicted molar refractivity (Wildman–Crippen MR) is 196 cm³/mol. The molecule has 9 nitrogen and oxygen atoms in total. The van der Waals surface area contributed by atoms with Gasteiger partial charge in [0.25, 0.3) is 0 Å². The van der Waals surface area contributed by atoms with Gasteiger partial charge in [0, 0.05) is 24.0 Å². The first-order valence-corrected chi connectivity index (χ1v) is 28.9. The summed E-state index contributed by atoms with van der Waals surface area (Å²) in [5.74, 6) is -0.531. The summed E-state index contributed by atoms with van der Waals surface area (Å²) >= 11 is 0. The van der Waals surface area contributed by atoms with Crippen molar-refractivity contribution in [1.82, 2.24) is 5.32 Å². The van der Waals surface area contributed by atoms with Gasteiger partial charge in [-0.15, -0.1) is 0 Å². The summed E-state index contributed by atoms with van der Waals surface area (Å²) in [6.45, 7) is 28.4. The maximum absolute atomic E-state index is 12.8. The summed E-state index contributed by atoms with van der Waals surface area (Å²) in [6.07, 6.45) is 2.41. The number of rotatable bonds is 16. The Morgan fingerprint density at radius 1 is 0.936 bits per heavy atom. The minimum atomic E-state index is -3.65. The molecule has 0 spiro atoms. The van der Waals surface area contributed by atoms with E-state index in [4.69, 9.17) is 22.8 Å². The van der Waals surface area contributed by atoms with E-state index >= 15 is 0 Å². The number of amides is 1. The summed E-state index contributed by atoms with van der Waals surface area (Å²) in [5, 5.41) is 2.55. The zero-order chi connectivity index (χ0) is 35.5. The van der Waals surface area contributed by atoms with Crippen LogP contribution < -0.4 is 5.32 Å². The van der Waals surface area contributed by atoms with Gasteiger partial charge in [-0.3, -0.25) is 4.79 Å². The van der Waals surface area contributed by atoms with E-state index in [-0.39, 0.29) is 47.4 Å². The molecule has 8 atom stereocenters. The normalized spacial score (nSPS) is 27.3. The van der Waals surface area contributed by atoms with E-state index in [9.17, 15) is 13.2 Å². The highest BCUT2D eigenvalue weighted by Crippen LogP contribution is 2.41. The molecule has 2 aliphatic heterocycles. The van der Waals surface area contributed by atoms with Gasteiger partial charge in [0.15, 0.2) is 34.8 Å². The van der Waals surface area contributed by atoms with Gasteiger partial charge < -0.3 is 28.1 Å². The van der Waals surface area contributed by atoms with Gasteiger partial charge >= 0.3 is 0 Å². The minimum Gasteiger partial charge on any atom is -0.415 e. The molecule has 0 radical (unpaired) electrons. The molecular formula is C34H61NO8SSi3. The van der Waals surface area contributed by atoms with E-state index in [0.717, 1.165) is 17.6 Å². The van der Waals surface area contributed by atoms with Gasteiger partial charge in [0.05, 0.1) is 42.0 Å². The van der Waals surface area contributed by atoms with E-state index in [1.165, 1.54) is 6.08 Å². The number of carbonyl (C=O) groups is 1. The Morgan fingerprint density at radius 2 is 1.51 bits per heavy atom. The standard InChI is InChI=1S/C34H61NO8SSi3/c1-23-14-16-28(17-15-23)44(37,38)22-35-31(36)19-24(2)18-29-34(43-47(11,12)13)33(42-46(8,9)10)27(21-39-29)20-30-32(40-30)25(3)26(4)41-45(5,6)7/h14-17,19,25-27,29-30,32-34H,18,20-22H2,1-13H3,(H,35,36)/b24-19+/t25-,26-,27-,29-,30-,32-,33+,34-/m0/s1. The molecule has 3 rings (SSSR count). The molecule has 268 valence electrons. The van der Waals surface area contributed by atoms with E-state index in [1.54, 1.807) is 24.3 Å². The zero-order valence-corrected chi connectivity index (χ0v) is 34.8. The molecule has 0 bridgehead atoms. The van der Waals surface area contributed by atoms with Crippen molar-refractivity contribution in [2.45, 2.75) is 141 Å². The molecular weight excluding hydrogens is 667 g/mol. The summed E-state index contributed by atoms with van der Waals surface area (Å²) in [7, 11) is -9.33. The highest BCUT2D eigenvalue weighted by molar-refractivity contribution is 7.91. The summed E-state index contributed by atoms with van der Waals surface area (Å²) in [4.78, 5) is 13.0. The zero-order valence-electron chi connectivity index (χ0n) is 31.0. The van der Waals surface area contributed by atoms with Gasteiger partial charge in [0.2, 0.25) is 5.91 Å². The molecule has 13 heteroatoms. The molecule has 1 amide bonds. The molecule has 2 saturated heterocycles. The Morgan fingerprint density at radius 3 is 2.06 bits per heavy atom. The molecule has 0 aromatic heterocycles. The first kappa shape index (κ1) is 40.3. The number of hydrogen-bond donors (Lipinski definition) is 1. The quantitative estimate of drug-likeness (QED) is 0.114. The lowest BCUT2D eigenvalue weighted by atomic mass is 9.85. The predicted octanol–water partition coefficient (Wildman–Crippen LogP) is 6.67. The van der Waals surface area contributed by atoms with Crippen LogP contribution in [0.25, 0.3) is 0 Å². The van der Waals surface area contributed by atoms with Gasteiger partial charge in [-0.05, 0) is 105 Å². The maximum Gasteiger partial charge on any atom is 0.244 e. The number of benzene rings is 1. The molecule has 1 aromatic rings. The molecule has 1 N–H and O–H groups in total. The number of ether oxygens (including phenoxy) is 2. The summed E-state index contributed by atoms with van der Waals surface area (Å²) in [5.41, 5.74) is 1.75. The van der Waals surface area contributed by atoms with E-state index < -0.39 is 46.6 Å². The fourth-order valence-electron chi connectivity index (χ4n) is 6.10.